The van der Waals surface area contributed by atoms with E-state index in [0.717, 1.165) is 12.0 Å². The predicted octanol–water partition coefficient (Wildman–Crippen LogP) is 2.04. The minimum Gasteiger partial charge on any atom is -0.483 e. The van der Waals surface area contributed by atoms with Gasteiger partial charge in [0, 0.05) is 12.1 Å². The summed E-state index contributed by atoms with van der Waals surface area (Å²) in [5.41, 5.74) is 0.725. The Hall–Kier alpha value is -1.55. The molecule has 0 aromatic heterocycles. The Bertz CT molecular complexity index is 379. The molecule has 0 saturated heterocycles. The highest BCUT2D eigenvalue weighted by Gasteiger charge is 2.12. The molecule has 0 unspecified atom stereocenters. The van der Waals surface area contributed by atoms with Crippen molar-refractivity contribution >= 4 is 5.91 Å². The van der Waals surface area contributed by atoms with Gasteiger partial charge in [0.15, 0.2) is 6.61 Å². The second-order valence-electron chi connectivity index (χ2n) is 4.10. The summed E-state index contributed by atoms with van der Waals surface area (Å²) in [5.74, 6) is 0.427. The van der Waals surface area contributed by atoms with Gasteiger partial charge in [0.25, 0.3) is 5.91 Å². The van der Waals surface area contributed by atoms with Crippen molar-refractivity contribution < 1.29 is 14.6 Å². The first kappa shape index (κ1) is 14.5. The molecular weight excluding hydrogens is 230 g/mol. The first-order valence-corrected chi connectivity index (χ1v) is 6.35. The number of hydrogen-bond acceptors (Lipinski definition) is 3. The van der Waals surface area contributed by atoms with Crippen LogP contribution in [0.5, 0.6) is 5.75 Å². The van der Waals surface area contributed by atoms with Gasteiger partial charge in [-0.05, 0) is 18.9 Å². The monoisotopic (exact) mass is 251 g/mol. The van der Waals surface area contributed by atoms with E-state index in [1.54, 1.807) is 6.07 Å². The van der Waals surface area contributed by atoms with Gasteiger partial charge >= 0.3 is 0 Å². The smallest absolute Gasteiger partial charge is 0.257 e. The van der Waals surface area contributed by atoms with Crippen molar-refractivity contribution in [2.24, 2.45) is 0 Å². The topological polar surface area (TPSA) is 58.6 Å². The van der Waals surface area contributed by atoms with Gasteiger partial charge in [-0.15, -0.1) is 0 Å². The molecule has 1 atom stereocenters. The second-order valence-corrected chi connectivity index (χ2v) is 4.10. The molecule has 1 aromatic carbocycles. The normalized spacial score (nSPS) is 11.9. The van der Waals surface area contributed by atoms with Crippen molar-refractivity contribution in [3.05, 3.63) is 29.8 Å². The van der Waals surface area contributed by atoms with E-state index in [1.807, 2.05) is 32.0 Å². The lowest BCUT2D eigenvalue weighted by Crippen LogP contribution is -2.29. The number of benzene rings is 1. The summed E-state index contributed by atoms with van der Waals surface area (Å²) in [4.78, 5) is 11.4. The van der Waals surface area contributed by atoms with Crippen LogP contribution in [-0.4, -0.2) is 24.2 Å². The van der Waals surface area contributed by atoms with Gasteiger partial charge in [-0.1, -0.05) is 32.0 Å². The summed E-state index contributed by atoms with van der Waals surface area (Å²) in [6.45, 7) is 4.53. The van der Waals surface area contributed by atoms with Crippen LogP contribution in [-0.2, 0) is 4.79 Å². The zero-order valence-corrected chi connectivity index (χ0v) is 11.0. The lowest BCUT2D eigenvalue weighted by molar-refractivity contribution is -0.123. The van der Waals surface area contributed by atoms with E-state index in [0.29, 0.717) is 18.7 Å². The molecular formula is C14H21NO3. The van der Waals surface area contributed by atoms with Crippen molar-refractivity contribution in [2.75, 3.05) is 13.2 Å². The van der Waals surface area contributed by atoms with E-state index in [-0.39, 0.29) is 12.5 Å². The molecule has 2 N–H and O–H groups in total. The molecule has 0 aliphatic carbocycles. The molecule has 1 amide bonds. The molecule has 0 bridgehead atoms. The highest BCUT2D eigenvalue weighted by atomic mass is 16.5. The van der Waals surface area contributed by atoms with Gasteiger partial charge < -0.3 is 15.2 Å². The Kier molecular flexibility index (Phi) is 6.22. The zero-order valence-electron chi connectivity index (χ0n) is 11.0. The number of aliphatic hydroxyl groups is 1. The maximum Gasteiger partial charge on any atom is 0.257 e. The lowest BCUT2D eigenvalue weighted by atomic mass is 10.1. The molecule has 0 spiro atoms. The number of para-hydroxylation sites is 1. The molecule has 0 aliphatic heterocycles. The SMILES string of the molecule is CCCNC(=O)COc1ccccc1[C@H](O)CC. The second kappa shape index (κ2) is 7.71. The number of carbonyl (C=O) groups is 1. The number of rotatable bonds is 7. The Morgan fingerprint density at radius 3 is 2.78 bits per heavy atom. The van der Waals surface area contributed by atoms with Crippen LogP contribution in [0.1, 0.15) is 38.4 Å². The lowest BCUT2D eigenvalue weighted by Gasteiger charge is -2.14. The van der Waals surface area contributed by atoms with E-state index in [1.165, 1.54) is 0 Å². The number of hydrogen-bond donors (Lipinski definition) is 2. The van der Waals surface area contributed by atoms with Crippen LogP contribution in [0.25, 0.3) is 0 Å². The summed E-state index contributed by atoms with van der Waals surface area (Å²) >= 11 is 0. The number of carbonyl (C=O) groups excluding carboxylic acids is 1. The largest absolute Gasteiger partial charge is 0.483 e. The van der Waals surface area contributed by atoms with Crippen molar-refractivity contribution in [2.45, 2.75) is 32.8 Å². The predicted molar refractivity (Wildman–Crippen MR) is 70.5 cm³/mol. The van der Waals surface area contributed by atoms with Gasteiger partial charge in [-0.2, -0.15) is 0 Å². The third-order valence-corrected chi connectivity index (χ3v) is 2.60. The van der Waals surface area contributed by atoms with E-state index < -0.39 is 6.10 Å². The Labute approximate surface area is 108 Å². The zero-order chi connectivity index (χ0) is 13.4. The fraction of sp³-hybridized carbons (Fsp3) is 0.500. The van der Waals surface area contributed by atoms with E-state index >= 15 is 0 Å². The standard InChI is InChI=1S/C14H21NO3/c1-3-9-15-14(17)10-18-13-8-6-5-7-11(13)12(16)4-2/h5-8,12,16H,3-4,9-10H2,1-2H3,(H,15,17)/t12-/m1/s1. The molecule has 1 aromatic rings. The average molecular weight is 251 g/mol. The Balaban J connectivity index is 2.59. The Morgan fingerprint density at radius 2 is 2.11 bits per heavy atom. The fourth-order valence-corrected chi connectivity index (χ4v) is 1.57. The summed E-state index contributed by atoms with van der Waals surface area (Å²) in [6.07, 6.45) is 0.958. The molecule has 4 heteroatoms. The summed E-state index contributed by atoms with van der Waals surface area (Å²) < 4.78 is 5.45. The fourth-order valence-electron chi connectivity index (χ4n) is 1.57. The summed E-state index contributed by atoms with van der Waals surface area (Å²) in [6, 6.07) is 7.25. The van der Waals surface area contributed by atoms with Crippen molar-refractivity contribution in [3.8, 4) is 5.75 Å². The van der Waals surface area contributed by atoms with Crippen LogP contribution >= 0.6 is 0 Å². The summed E-state index contributed by atoms with van der Waals surface area (Å²) in [5, 5.41) is 12.6. The first-order valence-electron chi connectivity index (χ1n) is 6.35. The van der Waals surface area contributed by atoms with Gasteiger partial charge in [0.1, 0.15) is 5.75 Å². The van der Waals surface area contributed by atoms with E-state index in [2.05, 4.69) is 5.32 Å². The van der Waals surface area contributed by atoms with Crippen molar-refractivity contribution in [1.29, 1.82) is 0 Å². The van der Waals surface area contributed by atoms with Crippen LogP contribution in [0, 0.1) is 0 Å². The number of ether oxygens (including phenoxy) is 1. The highest BCUT2D eigenvalue weighted by Crippen LogP contribution is 2.26. The Morgan fingerprint density at radius 1 is 1.39 bits per heavy atom. The van der Waals surface area contributed by atoms with Gasteiger partial charge in [0.05, 0.1) is 6.10 Å². The molecule has 0 saturated carbocycles. The maximum atomic E-state index is 11.4. The minimum absolute atomic E-state index is 0.0204. The van der Waals surface area contributed by atoms with Crippen LogP contribution in [0.4, 0.5) is 0 Å². The maximum absolute atomic E-state index is 11.4. The third-order valence-electron chi connectivity index (χ3n) is 2.60. The van der Waals surface area contributed by atoms with Gasteiger partial charge in [0.2, 0.25) is 0 Å². The van der Waals surface area contributed by atoms with Crippen molar-refractivity contribution in [1.82, 2.24) is 5.32 Å². The first-order chi connectivity index (χ1) is 8.69. The molecule has 1 rings (SSSR count). The number of nitrogens with one attached hydrogen (secondary N) is 1. The highest BCUT2D eigenvalue weighted by molar-refractivity contribution is 5.77. The number of amides is 1. The van der Waals surface area contributed by atoms with Crippen LogP contribution in [0.3, 0.4) is 0 Å². The molecule has 4 nitrogen and oxygen atoms in total. The number of aliphatic hydroxyl groups excluding tert-OH is 1. The third kappa shape index (κ3) is 4.37. The quantitative estimate of drug-likeness (QED) is 0.779. The van der Waals surface area contributed by atoms with Crippen molar-refractivity contribution in [3.63, 3.8) is 0 Å². The minimum atomic E-state index is -0.556. The molecule has 18 heavy (non-hydrogen) atoms. The van der Waals surface area contributed by atoms with Crippen LogP contribution < -0.4 is 10.1 Å². The van der Waals surface area contributed by atoms with Crippen LogP contribution in [0.2, 0.25) is 0 Å². The van der Waals surface area contributed by atoms with Gasteiger partial charge in [-0.25, -0.2) is 0 Å². The van der Waals surface area contributed by atoms with Crippen LogP contribution in [0.15, 0.2) is 24.3 Å². The molecule has 100 valence electrons. The molecule has 0 fully saturated rings. The average Bonchev–Trinajstić information content (AvgIpc) is 2.42. The molecule has 0 aliphatic rings. The molecule has 0 radical (unpaired) electrons. The molecule has 0 heterocycles. The van der Waals surface area contributed by atoms with E-state index in [4.69, 9.17) is 4.74 Å². The van der Waals surface area contributed by atoms with Gasteiger partial charge in [-0.3, -0.25) is 4.79 Å². The van der Waals surface area contributed by atoms with E-state index in [9.17, 15) is 9.90 Å². The summed E-state index contributed by atoms with van der Waals surface area (Å²) in [7, 11) is 0.